The number of ether oxygens (including phenoxy) is 1. The van der Waals surface area contributed by atoms with E-state index in [0.717, 1.165) is 51.4 Å². The zero-order chi connectivity index (χ0) is 20.1. The second-order valence-corrected chi connectivity index (χ2v) is 7.68. The van der Waals surface area contributed by atoms with Crippen LogP contribution >= 0.6 is 0 Å². The van der Waals surface area contributed by atoms with Gasteiger partial charge in [-0.05, 0) is 47.5 Å². The number of methoxy groups -OCH3 is 1. The van der Waals surface area contributed by atoms with E-state index in [9.17, 15) is 4.79 Å². The molecule has 1 amide bonds. The minimum atomic E-state index is 0.196. The van der Waals surface area contributed by atoms with Crippen LogP contribution in [0.15, 0.2) is 30.6 Å². The predicted octanol–water partition coefficient (Wildman–Crippen LogP) is 0.885. The molecule has 0 saturated carbocycles. The number of piperazine rings is 1. The molecule has 4 rings (SSSR count). The number of nitrogens with zero attached hydrogens (tertiary/aromatic N) is 7. The third-order valence-electron chi connectivity index (χ3n) is 5.96. The van der Waals surface area contributed by atoms with Crippen LogP contribution in [0.5, 0.6) is 5.75 Å². The molecule has 156 valence electrons. The van der Waals surface area contributed by atoms with Crippen LogP contribution in [0.3, 0.4) is 0 Å². The summed E-state index contributed by atoms with van der Waals surface area (Å²) in [6.45, 7) is 6.31. The molecule has 2 saturated heterocycles. The molecule has 1 aromatic carbocycles. The van der Waals surface area contributed by atoms with Crippen LogP contribution in [0.25, 0.3) is 0 Å². The fraction of sp³-hybridized carbons (Fsp3) is 0.600. The molecule has 2 aliphatic heterocycles. The summed E-state index contributed by atoms with van der Waals surface area (Å²) < 4.78 is 6.86. The van der Waals surface area contributed by atoms with Crippen molar-refractivity contribution in [3.05, 3.63) is 30.6 Å². The SMILES string of the molecule is COc1ccc(N2CCN(C3CCCN(C(=O)CCn4cnnn4)C3)CC2)cc1. The van der Waals surface area contributed by atoms with E-state index in [1.807, 2.05) is 17.0 Å². The average Bonchev–Trinajstić information content (AvgIpc) is 3.31. The predicted molar refractivity (Wildman–Crippen MR) is 109 cm³/mol. The Morgan fingerprint density at radius 2 is 1.93 bits per heavy atom. The van der Waals surface area contributed by atoms with Gasteiger partial charge in [0, 0.05) is 57.4 Å². The Morgan fingerprint density at radius 3 is 2.62 bits per heavy atom. The fourth-order valence-corrected chi connectivity index (χ4v) is 4.27. The minimum absolute atomic E-state index is 0.196. The Balaban J connectivity index is 1.26. The highest BCUT2D eigenvalue weighted by atomic mass is 16.5. The Morgan fingerprint density at radius 1 is 1.14 bits per heavy atom. The monoisotopic (exact) mass is 399 g/mol. The first kappa shape index (κ1) is 19.6. The number of carbonyl (C=O) groups excluding carboxylic acids is 1. The number of benzene rings is 1. The summed E-state index contributed by atoms with van der Waals surface area (Å²) in [4.78, 5) is 19.6. The molecule has 1 atom stereocenters. The number of aromatic nitrogens is 4. The lowest BCUT2D eigenvalue weighted by Gasteiger charge is -2.44. The molecule has 9 nitrogen and oxygen atoms in total. The third-order valence-corrected chi connectivity index (χ3v) is 5.96. The van der Waals surface area contributed by atoms with Gasteiger partial charge in [0.2, 0.25) is 5.91 Å². The van der Waals surface area contributed by atoms with Gasteiger partial charge >= 0.3 is 0 Å². The first-order valence-corrected chi connectivity index (χ1v) is 10.3. The molecule has 0 radical (unpaired) electrons. The Bertz CT molecular complexity index is 773. The van der Waals surface area contributed by atoms with Crippen LogP contribution < -0.4 is 9.64 Å². The smallest absolute Gasteiger partial charge is 0.224 e. The molecule has 29 heavy (non-hydrogen) atoms. The summed E-state index contributed by atoms with van der Waals surface area (Å²) in [6, 6.07) is 8.74. The van der Waals surface area contributed by atoms with Crippen LogP contribution in [0.2, 0.25) is 0 Å². The first-order chi connectivity index (χ1) is 14.2. The molecule has 2 fully saturated rings. The normalized spacial score (nSPS) is 20.7. The summed E-state index contributed by atoms with van der Waals surface area (Å²) in [6.07, 6.45) is 4.23. The van der Waals surface area contributed by atoms with Crippen molar-refractivity contribution >= 4 is 11.6 Å². The van der Waals surface area contributed by atoms with E-state index in [0.29, 0.717) is 19.0 Å². The highest BCUT2D eigenvalue weighted by molar-refractivity contribution is 5.76. The van der Waals surface area contributed by atoms with Crippen molar-refractivity contribution in [2.24, 2.45) is 0 Å². The van der Waals surface area contributed by atoms with Crippen LogP contribution in [0.4, 0.5) is 5.69 Å². The number of piperidine rings is 1. The van der Waals surface area contributed by atoms with E-state index in [1.165, 1.54) is 12.1 Å². The molecule has 0 N–H and O–H groups in total. The maximum absolute atomic E-state index is 12.6. The number of tetrazole rings is 1. The standard InChI is InChI=1S/C20H29N7O2/c1-29-19-6-4-17(5-7-19)24-11-13-25(14-12-24)18-3-2-9-26(15-18)20(28)8-10-27-16-21-22-23-27/h4-7,16,18H,2-3,8-15H2,1H3. The molecular weight excluding hydrogens is 370 g/mol. The molecule has 0 bridgehead atoms. The lowest BCUT2D eigenvalue weighted by atomic mass is 10.0. The number of rotatable bonds is 6. The van der Waals surface area contributed by atoms with Crippen molar-refractivity contribution in [1.29, 1.82) is 0 Å². The summed E-state index contributed by atoms with van der Waals surface area (Å²) >= 11 is 0. The number of aryl methyl sites for hydroxylation is 1. The second-order valence-electron chi connectivity index (χ2n) is 7.68. The Hall–Kier alpha value is -2.68. The zero-order valence-corrected chi connectivity index (χ0v) is 17.0. The third kappa shape index (κ3) is 4.84. The van der Waals surface area contributed by atoms with Gasteiger partial charge in [-0.25, -0.2) is 4.68 Å². The van der Waals surface area contributed by atoms with Gasteiger partial charge in [0.1, 0.15) is 12.1 Å². The first-order valence-electron chi connectivity index (χ1n) is 10.3. The van der Waals surface area contributed by atoms with Gasteiger partial charge in [0.05, 0.1) is 13.7 Å². The van der Waals surface area contributed by atoms with Crippen LogP contribution in [-0.4, -0.2) is 88.3 Å². The lowest BCUT2D eigenvalue weighted by molar-refractivity contribution is -0.133. The Labute approximate surface area is 171 Å². The number of anilines is 1. The van der Waals surface area contributed by atoms with E-state index in [2.05, 4.69) is 37.5 Å². The molecule has 9 heteroatoms. The molecule has 0 spiro atoms. The molecule has 3 heterocycles. The lowest BCUT2D eigenvalue weighted by Crippen LogP contribution is -2.56. The molecule has 1 aromatic heterocycles. The highest BCUT2D eigenvalue weighted by Gasteiger charge is 2.29. The van der Waals surface area contributed by atoms with Crippen molar-refractivity contribution in [3.63, 3.8) is 0 Å². The van der Waals surface area contributed by atoms with Gasteiger partial charge in [-0.15, -0.1) is 5.10 Å². The van der Waals surface area contributed by atoms with Gasteiger partial charge in [-0.3, -0.25) is 9.69 Å². The van der Waals surface area contributed by atoms with E-state index >= 15 is 0 Å². The van der Waals surface area contributed by atoms with Gasteiger partial charge in [0.25, 0.3) is 0 Å². The average molecular weight is 399 g/mol. The summed E-state index contributed by atoms with van der Waals surface area (Å²) in [5.41, 5.74) is 1.24. The van der Waals surface area contributed by atoms with E-state index in [4.69, 9.17) is 4.74 Å². The van der Waals surface area contributed by atoms with E-state index in [-0.39, 0.29) is 5.91 Å². The Kier molecular flexibility index (Phi) is 6.24. The van der Waals surface area contributed by atoms with Crippen molar-refractivity contribution in [3.8, 4) is 5.75 Å². The van der Waals surface area contributed by atoms with Crippen LogP contribution in [-0.2, 0) is 11.3 Å². The van der Waals surface area contributed by atoms with Crippen molar-refractivity contribution < 1.29 is 9.53 Å². The number of likely N-dealkylation sites (tertiary alicyclic amines) is 1. The van der Waals surface area contributed by atoms with Gasteiger partial charge in [0.15, 0.2) is 0 Å². The maximum Gasteiger partial charge on any atom is 0.224 e. The van der Waals surface area contributed by atoms with Crippen LogP contribution in [0, 0.1) is 0 Å². The number of hydrogen-bond acceptors (Lipinski definition) is 7. The highest BCUT2D eigenvalue weighted by Crippen LogP contribution is 2.23. The van der Waals surface area contributed by atoms with Gasteiger partial charge in [-0.1, -0.05) is 0 Å². The second kappa shape index (κ2) is 9.21. The molecule has 0 aliphatic carbocycles. The minimum Gasteiger partial charge on any atom is -0.497 e. The molecule has 2 aromatic rings. The largest absolute Gasteiger partial charge is 0.497 e. The number of amides is 1. The topological polar surface area (TPSA) is 79.6 Å². The quantitative estimate of drug-likeness (QED) is 0.714. The van der Waals surface area contributed by atoms with Crippen LogP contribution in [0.1, 0.15) is 19.3 Å². The number of carbonyl (C=O) groups is 1. The number of hydrogen-bond donors (Lipinski definition) is 0. The van der Waals surface area contributed by atoms with Gasteiger partial charge < -0.3 is 14.5 Å². The maximum atomic E-state index is 12.6. The molecule has 2 aliphatic rings. The molecule has 1 unspecified atom stereocenters. The van der Waals surface area contributed by atoms with Crippen molar-refractivity contribution in [2.75, 3.05) is 51.3 Å². The van der Waals surface area contributed by atoms with E-state index < -0.39 is 0 Å². The summed E-state index contributed by atoms with van der Waals surface area (Å²) in [5.74, 6) is 1.08. The van der Waals surface area contributed by atoms with E-state index in [1.54, 1.807) is 18.1 Å². The summed E-state index contributed by atoms with van der Waals surface area (Å²) in [5, 5.41) is 11.1. The fourth-order valence-electron chi connectivity index (χ4n) is 4.27. The van der Waals surface area contributed by atoms with Crippen molar-refractivity contribution in [1.82, 2.24) is 30.0 Å². The molecular formula is C20H29N7O2. The zero-order valence-electron chi connectivity index (χ0n) is 17.0. The van der Waals surface area contributed by atoms with Crippen molar-refractivity contribution in [2.45, 2.75) is 31.8 Å². The summed E-state index contributed by atoms with van der Waals surface area (Å²) in [7, 11) is 1.69. The van der Waals surface area contributed by atoms with Gasteiger partial charge in [-0.2, -0.15) is 0 Å².